The predicted octanol–water partition coefficient (Wildman–Crippen LogP) is 1.61. The van der Waals surface area contributed by atoms with E-state index in [9.17, 15) is 4.79 Å². The highest BCUT2D eigenvalue weighted by atomic mass is 16.6. The van der Waals surface area contributed by atoms with Crippen LogP contribution in [0, 0.1) is 0 Å². The molecule has 0 saturated heterocycles. The van der Waals surface area contributed by atoms with Crippen LogP contribution in [0.3, 0.4) is 0 Å². The van der Waals surface area contributed by atoms with Crippen molar-refractivity contribution in [2.75, 3.05) is 25.1 Å². The second-order valence-electron chi connectivity index (χ2n) is 4.21. The highest BCUT2D eigenvalue weighted by molar-refractivity contribution is 6.11. The average molecular weight is 246 g/mol. The summed E-state index contributed by atoms with van der Waals surface area (Å²) in [5.41, 5.74) is 2.59. The van der Waals surface area contributed by atoms with Crippen molar-refractivity contribution in [2.45, 2.75) is 13.3 Å². The average Bonchev–Trinajstić information content (AvgIpc) is 2.54. The van der Waals surface area contributed by atoms with Crippen LogP contribution in [0.2, 0.25) is 0 Å². The number of carbonyl (C=O) groups excluding carboxylic acids is 1. The fourth-order valence-corrected chi connectivity index (χ4v) is 2.18. The number of carbonyl (C=O) groups is 1. The summed E-state index contributed by atoms with van der Waals surface area (Å²) in [4.78, 5) is 15.9. The van der Waals surface area contributed by atoms with Crippen LogP contribution in [-0.4, -0.2) is 31.4 Å². The number of nitrogens with one attached hydrogen (secondary N) is 1. The van der Waals surface area contributed by atoms with Crippen molar-refractivity contribution in [3.63, 3.8) is 0 Å². The fourth-order valence-electron chi connectivity index (χ4n) is 2.18. The van der Waals surface area contributed by atoms with Gasteiger partial charge in [0.1, 0.15) is 19.8 Å². The first-order chi connectivity index (χ1) is 8.78. The fraction of sp³-hybridized carbons (Fsp3) is 0.385. The molecular weight excluding hydrogens is 232 g/mol. The summed E-state index contributed by atoms with van der Waals surface area (Å²) in [6.07, 6.45) is 0.779. The summed E-state index contributed by atoms with van der Waals surface area (Å²) >= 11 is 0. The molecule has 2 aliphatic rings. The van der Waals surface area contributed by atoms with Gasteiger partial charge in [0.25, 0.3) is 0 Å². The van der Waals surface area contributed by atoms with Crippen LogP contribution in [0.4, 0.5) is 5.69 Å². The van der Waals surface area contributed by atoms with E-state index in [0.29, 0.717) is 19.0 Å². The van der Waals surface area contributed by atoms with Crippen molar-refractivity contribution < 1.29 is 14.3 Å². The Morgan fingerprint density at radius 2 is 2.00 bits per heavy atom. The normalized spacial score (nSPS) is 17.4. The molecule has 0 aromatic heterocycles. The molecular formula is C13H14N2O3. The van der Waals surface area contributed by atoms with E-state index >= 15 is 0 Å². The van der Waals surface area contributed by atoms with Gasteiger partial charge in [-0.1, -0.05) is 6.92 Å². The topological polar surface area (TPSA) is 59.9 Å². The number of nitrogens with zero attached hydrogens (tertiary/aromatic N) is 1. The lowest BCUT2D eigenvalue weighted by Gasteiger charge is -2.21. The Morgan fingerprint density at radius 3 is 2.72 bits per heavy atom. The van der Waals surface area contributed by atoms with E-state index < -0.39 is 0 Å². The third-order valence-electron chi connectivity index (χ3n) is 3.02. The lowest BCUT2D eigenvalue weighted by Crippen LogP contribution is -2.17. The molecule has 1 amide bonds. The monoisotopic (exact) mass is 246 g/mol. The highest BCUT2D eigenvalue weighted by Crippen LogP contribution is 2.36. The molecule has 5 heteroatoms. The molecule has 1 N–H and O–H groups in total. The maximum Gasteiger partial charge on any atom is 0.246 e. The van der Waals surface area contributed by atoms with Crippen LogP contribution in [0.5, 0.6) is 11.5 Å². The number of ether oxygens (including phenoxy) is 2. The summed E-state index contributed by atoms with van der Waals surface area (Å²) in [6.45, 7) is 3.28. The molecule has 0 unspecified atom stereocenters. The molecule has 0 radical (unpaired) electrons. The van der Waals surface area contributed by atoms with Crippen LogP contribution in [0.15, 0.2) is 17.1 Å². The maximum atomic E-state index is 11.6. The minimum absolute atomic E-state index is 0.101. The van der Waals surface area contributed by atoms with Crippen molar-refractivity contribution in [3.05, 3.63) is 17.7 Å². The molecule has 0 fully saturated rings. The van der Waals surface area contributed by atoms with Gasteiger partial charge in [0, 0.05) is 17.3 Å². The molecule has 0 saturated carbocycles. The zero-order valence-electron chi connectivity index (χ0n) is 10.2. The van der Waals surface area contributed by atoms with Crippen LogP contribution < -0.4 is 14.8 Å². The molecule has 0 bridgehead atoms. The van der Waals surface area contributed by atoms with Crippen molar-refractivity contribution >= 4 is 17.3 Å². The maximum absolute atomic E-state index is 11.6. The van der Waals surface area contributed by atoms with Crippen LogP contribution >= 0.6 is 0 Å². The largest absolute Gasteiger partial charge is 0.486 e. The first-order valence-electron chi connectivity index (χ1n) is 6.05. The van der Waals surface area contributed by atoms with E-state index in [4.69, 9.17) is 9.47 Å². The molecule has 5 nitrogen and oxygen atoms in total. The molecule has 2 aliphatic heterocycles. The van der Waals surface area contributed by atoms with Gasteiger partial charge >= 0.3 is 0 Å². The molecule has 3 rings (SSSR count). The van der Waals surface area contributed by atoms with Gasteiger partial charge in [-0.25, -0.2) is 0 Å². The molecule has 0 atom stereocenters. The quantitative estimate of drug-likeness (QED) is 0.819. The minimum atomic E-state index is -0.101. The standard InChI is InChI=1S/C13H14N2O3/c1-2-9-8-5-11-12(18-4-3-17-11)6-10(8)15-13(16)7-14-9/h5-6H,2-4,7H2,1H3,(H,15,16). The van der Waals surface area contributed by atoms with Gasteiger partial charge in [-0.15, -0.1) is 0 Å². The number of hydrogen-bond donors (Lipinski definition) is 1. The van der Waals surface area contributed by atoms with Crippen molar-refractivity contribution in [1.82, 2.24) is 0 Å². The van der Waals surface area contributed by atoms with Gasteiger partial charge in [0.05, 0.1) is 5.69 Å². The van der Waals surface area contributed by atoms with Gasteiger partial charge in [-0.3, -0.25) is 9.79 Å². The third kappa shape index (κ3) is 1.81. The molecule has 18 heavy (non-hydrogen) atoms. The number of amides is 1. The molecule has 1 aromatic rings. The Hall–Kier alpha value is -2.04. The molecule has 94 valence electrons. The Labute approximate surface area is 105 Å². The van der Waals surface area contributed by atoms with Gasteiger partial charge in [-0.05, 0) is 12.5 Å². The van der Waals surface area contributed by atoms with E-state index in [2.05, 4.69) is 10.3 Å². The first-order valence-corrected chi connectivity index (χ1v) is 6.05. The summed E-state index contributed by atoms with van der Waals surface area (Å²) in [6, 6.07) is 3.72. The Bertz CT molecular complexity index is 537. The van der Waals surface area contributed by atoms with Crippen LogP contribution in [0.1, 0.15) is 18.9 Å². The number of rotatable bonds is 1. The Kier molecular flexibility index (Phi) is 2.66. The zero-order chi connectivity index (χ0) is 12.5. The van der Waals surface area contributed by atoms with Crippen LogP contribution in [-0.2, 0) is 4.79 Å². The van der Waals surface area contributed by atoms with E-state index in [1.807, 2.05) is 19.1 Å². The van der Waals surface area contributed by atoms with Crippen molar-refractivity contribution in [2.24, 2.45) is 4.99 Å². The van der Waals surface area contributed by atoms with Crippen molar-refractivity contribution in [3.8, 4) is 11.5 Å². The SMILES string of the molecule is CCC1=NCC(=O)Nc2cc3c(cc21)OCCO3. The van der Waals surface area contributed by atoms with Gasteiger partial charge in [-0.2, -0.15) is 0 Å². The molecule has 0 aliphatic carbocycles. The second-order valence-corrected chi connectivity index (χ2v) is 4.21. The number of anilines is 1. The summed E-state index contributed by atoms with van der Waals surface area (Å²) in [5.74, 6) is 1.30. The smallest absolute Gasteiger partial charge is 0.246 e. The summed E-state index contributed by atoms with van der Waals surface area (Å²) in [5, 5.41) is 2.85. The van der Waals surface area contributed by atoms with E-state index in [1.54, 1.807) is 0 Å². The zero-order valence-corrected chi connectivity index (χ0v) is 10.2. The summed E-state index contributed by atoms with van der Waals surface area (Å²) in [7, 11) is 0. The molecule has 2 heterocycles. The van der Waals surface area contributed by atoms with E-state index in [0.717, 1.165) is 29.1 Å². The lowest BCUT2D eigenvalue weighted by atomic mass is 10.0. The second kappa shape index (κ2) is 4.33. The highest BCUT2D eigenvalue weighted by Gasteiger charge is 2.21. The van der Waals surface area contributed by atoms with Gasteiger partial charge in [0.2, 0.25) is 5.91 Å². The van der Waals surface area contributed by atoms with Crippen LogP contribution in [0.25, 0.3) is 0 Å². The minimum Gasteiger partial charge on any atom is -0.486 e. The number of hydrogen-bond acceptors (Lipinski definition) is 4. The first kappa shape index (κ1) is 11.1. The number of fused-ring (bicyclic) bond motifs is 2. The van der Waals surface area contributed by atoms with E-state index in [1.165, 1.54) is 0 Å². The third-order valence-corrected chi connectivity index (χ3v) is 3.02. The molecule has 0 spiro atoms. The number of benzene rings is 1. The van der Waals surface area contributed by atoms with Gasteiger partial charge < -0.3 is 14.8 Å². The number of aliphatic imine (C=N–C) groups is 1. The Morgan fingerprint density at radius 1 is 1.28 bits per heavy atom. The van der Waals surface area contributed by atoms with Gasteiger partial charge in [0.15, 0.2) is 11.5 Å². The van der Waals surface area contributed by atoms with E-state index in [-0.39, 0.29) is 12.5 Å². The molecule has 1 aromatic carbocycles. The van der Waals surface area contributed by atoms with Crippen molar-refractivity contribution in [1.29, 1.82) is 0 Å². The lowest BCUT2D eigenvalue weighted by molar-refractivity contribution is -0.114. The predicted molar refractivity (Wildman–Crippen MR) is 67.8 cm³/mol. The Balaban J connectivity index is 2.13. The summed E-state index contributed by atoms with van der Waals surface area (Å²) < 4.78 is 11.1.